The van der Waals surface area contributed by atoms with E-state index in [1.54, 1.807) is 44.2 Å². The van der Waals surface area contributed by atoms with E-state index in [0.29, 0.717) is 11.3 Å². The van der Waals surface area contributed by atoms with Gasteiger partial charge in [-0.1, -0.05) is 25.1 Å². The van der Waals surface area contributed by atoms with Gasteiger partial charge in [-0.25, -0.2) is 9.78 Å². The van der Waals surface area contributed by atoms with Gasteiger partial charge in [-0.05, 0) is 48.6 Å². The number of halogens is 3. The summed E-state index contributed by atoms with van der Waals surface area (Å²) in [6.45, 7) is 3.23. The van der Waals surface area contributed by atoms with Gasteiger partial charge in [-0.3, -0.25) is 0 Å². The van der Waals surface area contributed by atoms with E-state index in [4.69, 9.17) is 4.74 Å². The molecule has 1 aromatic heterocycles. The lowest BCUT2D eigenvalue weighted by Gasteiger charge is -2.26. The van der Waals surface area contributed by atoms with Gasteiger partial charge in [0.1, 0.15) is 5.82 Å². The first-order valence-electron chi connectivity index (χ1n) is 10.6. The third kappa shape index (κ3) is 5.28. The molecular formula is C22H22BF3N4O5S. The summed E-state index contributed by atoms with van der Waals surface area (Å²) in [4.78, 5) is 20.3. The molecule has 0 radical (unpaired) electrons. The molecular weight excluding hydrogens is 500 g/mol. The molecule has 0 aliphatic heterocycles. The van der Waals surface area contributed by atoms with Gasteiger partial charge in [0.2, 0.25) is 5.95 Å². The average Bonchev–Trinajstić information content (AvgIpc) is 2.84. The van der Waals surface area contributed by atoms with Crippen molar-refractivity contribution in [3.63, 3.8) is 0 Å². The Hall–Kier alpha value is -3.65. The number of alkyl halides is 3. The largest absolute Gasteiger partial charge is 0.517 e. The van der Waals surface area contributed by atoms with E-state index >= 15 is 0 Å². The summed E-state index contributed by atoms with van der Waals surface area (Å²) in [6.07, 6.45) is 1.35. The standard InChI is InChI=1S/C22H22BF3N4O5S/c1-4-14-10-16(11-17(18(14)23-32)20(31)35-3)30(36(33,34)22(24,25)26)21-27-12-13(2)19(29-21)28-15-8-6-5-7-9-15/h5-12,23,32H,4H2,1-3H3,(H,27,28,29). The number of aryl methyl sites for hydroxylation is 2. The highest BCUT2D eigenvalue weighted by molar-refractivity contribution is 7.94. The number of methoxy groups -OCH3 is 1. The summed E-state index contributed by atoms with van der Waals surface area (Å²) in [5.41, 5.74) is -5.21. The van der Waals surface area contributed by atoms with Crippen LogP contribution in [0.2, 0.25) is 0 Å². The maximum Gasteiger partial charge on any atom is 0.517 e. The second kappa shape index (κ2) is 10.5. The quantitative estimate of drug-likeness (QED) is 0.342. The molecule has 0 aliphatic carbocycles. The predicted molar refractivity (Wildman–Crippen MR) is 130 cm³/mol. The molecule has 0 bridgehead atoms. The zero-order valence-corrected chi connectivity index (χ0v) is 20.3. The number of hydrogen-bond donors (Lipinski definition) is 2. The fourth-order valence-electron chi connectivity index (χ4n) is 3.41. The van der Waals surface area contributed by atoms with Gasteiger partial charge < -0.3 is 15.1 Å². The van der Waals surface area contributed by atoms with E-state index in [-0.39, 0.29) is 33.1 Å². The molecule has 0 saturated heterocycles. The fraction of sp³-hybridized carbons (Fsp3) is 0.227. The second-order valence-electron chi connectivity index (χ2n) is 7.54. The van der Waals surface area contributed by atoms with Crippen LogP contribution in [-0.4, -0.2) is 49.5 Å². The Labute approximate surface area is 206 Å². The maximum absolute atomic E-state index is 13.8. The first kappa shape index (κ1) is 27.0. The third-order valence-electron chi connectivity index (χ3n) is 5.22. The van der Waals surface area contributed by atoms with Gasteiger partial charge in [-0.2, -0.15) is 30.9 Å². The molecule has 0 fully saturated rings. The highest BCUT2D eigenvalue weighted by Gasteiger charge is 2.52. The Morgan fingerprint density at radius 1 is 1.22 bits per heavy atom. The van der Waals surface area contributed by atoms with Crippen molar-refractivity contribution >= 4 is 52.1 Å². The van der Waals surface area contributed by atoms with Crippen molar-refractivity contribution in [2.45, 2.75) is 25.8 Å². The molecule has 0 spiro atoms. The molecule has 3 aromatic rings. The number of para-hydroxylation sites is 1. The predicted octanol–water partition coefficient (Wildman–Crippen LogP) is 2.83. The summed E-state index contributed by atoms with van der Waals surface area (Å²) < 4.78 is 71.5. The van der Waals surface area contributed by atoms with E-state index < -0.39 is 40.6 Å². The number of nitrogens with zero attached hydrogens (tertiary/aromatic N) is 3. The first-order chi connectivity index (χ1) is 16.9. The number of ether oxygens (including phenoxy) is 1. The molecule has 0 saturated carbocycles. The Balaban J connectivity index is 2.29. The summed E-state index contributed by atoms with van der Waals surface area (Å²) in [6, 6.07) is 10.6. The monoisotopic (exact) mass is 522 g/mol. The van der Waals surface area contributed by atoms with Crippen LogP contribution in [0.15, 0.2) is 48.7 Å². The highest BCUT2D eigenvalue weighted by atomic mass is 32.2. The Morgan fingerprint density at radius 2 is 1.89 bits per heavy atom. The zero-order valence-electron chi connectivity index (χ0n) is 19.5. The molecule has 2 aromatic carbocycles. The van der Waals surface area contributed by atoms with Gasteiger partial charge >= 0.3 is 29.0 Å². The van der Waals surface area contributed by atoms with Crippen LogP contribution in [0.1, 0.15) is 28.4 Å². The highest BCUT2D eigenvalue weighted by Crippen LogP contribution is 2.37. The molecule has 0 unspecified atom stereocenters. The lowest BCUT2D eigenvalue weighted by Crippen LogP contribution is -2.39. The van der Waals surface area contributed by atoms with Gasteiger partial charge in [0.15, 0.2) is 0 Å². The minimum absolute atomic E-state index is 0.0736. The Kier molecular flexibility index (Phi) is 7.89. The molecule has 0 aliphatic rings. The summed E-state index contributed by atoms with van der Waals surface area (Å²) in [5.74, 6) is -1.69. The zero-order chi connectivity index (χ0) is 26.7. The molecule has 9 nitrogen and oxygen atoms in total. The van der Waals surface area contributed by atoms with Crippen LogP contribution in [0.5, 0.6) is 0 Å². The minimum atomic E-state index is -6.07. The second-order valence-corrected chi connectivity index (χ2v) is 9.32. The SMILES string of the molecule is CCc1cc(N(c2ncc(C)c(Nc3ccccc3)n2)S(=O)(=O)C(F)(F)F)cc(C(=O)OC)c1BO. The number of esters is 1. The molecule has 14 heteroatoms. The van der Waals surface area contributed by atoms with Gasteiger partial charge in [0.25, 0.3) is 0 Å². The molecule has 2 N–H and O–H groups in total. The molecule has 1 heterocycles. The molecule has 190 valence electrons. The Morgan fingerprint density at radius 3 is 2.44 bits per heavy atom. The van der Waals surface area contributed by atoms with Gasteiger partial charge in [0, 0.05) is 17.4 Å². The number of benzene rings is 2. The number of sulfonamides is 1. The number of anilines is 4. The van der Waals surface area contributed by atoms with E-state index in [1.165, 1.54) is 6.20 Å². The normalized spacial score (nSPS) is 11.6. The van der Waals surface area contributed by atoms with E-state index in [2.05, 4.69) is 15.3 Å². The van der Waals surface area contributed by atoms with Crippen molar-refractivity contribution < 1.29 is 36.1 Å². The molecule has 36 heavy (non-hydrogen) atoms. The maximum atomic E-state index is 13.8. The molecule has 3 rings (SSSR count). The lowest BCUT2D eigenvalue weighted by atomic mass is 9.79. The van der Waals surface area contributed by atoms with Gasteiger partial charge in [-0.15, -0.1) is 0 Å². The van der Waals surface area contributed by atoms with Crippen molar-refractivity contribution in [3.8, 4) is 0 Å². The average molecular weight is 522 g/mol. The first-order valence-corrected chi connectivity index (χ1v) is 12.0. The van der Waals surface area contributed by atoms with Gasteiger partial charge in [0.05, 0.1) is 18.4 Å². The number of hydrogen-bond acceptors (Lipinski definition) is 8. The van der Waals surface area contributed by atoms with Crippen LogP contribution in [0.4, 0.5) is 36.3 Å². The van der Waals surface area contributed by atoms with Crippen LogP contribution in [0.3, 0.4) is 0 Å². The number of carbonyl (C=O) groups excluding carboxylic acids is 1. The van der Waals surface area contributed by atoms with Crippen LogP contribution in [0, 0.1) is 6.92 Å². The van der Waals surface area contributed by atoms with Crippen LogP contribution < -0.4 is 15.1 Å². The summed E-state index contributed by atoms with van der Waals surface area (Å²) >= 11 is 0. The summed E-state index contributed by atoms with van der Waals surface area (Å²) in [7, 11) is -5.64. The van der Waals surface area contributed by atoms with Crippen LogP contribution >= 0.6 is 0 Å². The number of carbonyl (C=O) groups is 1. The smallest absolute Gasteiger partial charge is 0.465 e. The Bertz CT molecular complexity index is 1370. The van der Waals surface area contributed by atoms with E-state index in [1.807, 2.05) is 0 Å². The fourth-order valence-corrected chi connectivity index (χ4v) is 4.30. The molecule has 0 amide bonds. The van der Waals surface area contributed by atoms with Crippen LogP contribution in [0.25, 0.3) is 0 Å². The van der Waals surface area contributed by atoms with E-state index in [9.17, 15) is 31.4 Å². The van der Waals surface area contributed by atoms with Crippen LogP contribution in [-0.2, 0) is 21.2 Å². The van der Waals surface area contributed by atoms with Crippen molar-refractivity contribution in [2.75, 3.05) is 16.7 Å². The topological polar surface area (TPSA) is 122 Å². The van der Waals surface area contributed by atoms with Crippen molar-refractivity contribution in [1.82, 2.24) is 9.97 Å². The number of aromatic nitrogens is 2. The summed E-state index contributed by atoms with van der Waals surface area (Å²) in [5, 5.41) is 12.7. The lowest BCUT2D eigenvalue weighted by molar-refractivity contribution is -0.0436. The van der Waals surface area contributed by atoms with Crippen molar-refractivity contribution in [2.24, 2.45) is 0 Å². The minimum Gasteiger partial charge on any atom is -0.465 e. The number of nitrogens with one attached hydrogen (secondary N) is 1. The van der Waals surface area contributed by atoms with Crippen molar-refractivity contribution in [3.05, 3.63) is 65.4 Å². The van der Waals surface area contributed by atoms with Crippen molar-refractivity contribution in [1.29, 1.82) is 0 Å². The number of rotatable bonds is 8. The molecule has 0 atom stereocenters. The third-order valence-corrected chi connectivity index (χ3v) is 6.66. The van der Waals surface area contributed by atoms with E-state index in [0.717, 1.165) is 19.2 Å².